The van der Waals surface area contributed by atoms with E-state index in [2.05, 4.69) is 20.9 Å². The molecule has 2 aromatic heterocycles. The fourth-order valence-electron chi connectivity index (χ4n) is 1.42. The second-order valence-corrected chi connectivity index (χ2v) is 5.04. The first kappa shape index (κ1) is 11.8. The Morgan fingerprint density at radius 1 is 1.69 bits per heavy atom. The van der Waals surface area contributed by atoms with Crippen LogP contribution in [0.25, 0.3) is 10.1 Å². The molecule has 0 saturated carbocycles. The van der Waals surface area contributed by atoms with E-state index in [1.165, 1.54) is 18.4 Å². The molecule has 0 aliphatic rings. The number of ether oxygens (including phenoxy) is 1. The molecule has 0 atom stereocenters. The van der Waals surface area contributed by atoms with Crippen LogP contribution in [0.4, 0.5) is 0 Å². The zero-order chi connectivity index (χ0) is 11.7. The van der Waals surface area contributed by atoms with Gasteiger partial charge < -0.3 is 4.74 Å². The molecule has 6 heteroatoms. The van der Waals surface area contributed by atoms with Gasteiger partial charge in [0, 0.05) is 16.9 Å². The van der Waals surface area contributed by atoms with Crippen LogP contribution in [-0.2, 0) is 10.1 Å². The Morgan fingerprint density at radius 3 is 3.06 bits per heavy atom. The van der Waals surface area contributed by atoms with Gasteiger partial charge in [0.2, 0.25) is 0 Å². The lowest BCUT2D eigenvalue weighted by Gasteiger charge is -1.98. The maximum Gasteiger partial charge on any atom is 0.348 e. The molecule has 0 radical (unpaired) electrons. The summed E-state index contributed by atoms with van der Waals surface area (Å²) in [6.45, 7) is 0. The number of hydrogen-bond donors (Lipinski definition) is 0. The molecule has 2 heterocycles. The van der Waals surface area contributed by atoms with Gasteiger partial charge in [-0.2, -0.15) is 0 Å². The van der Waals surface area contributed by atoms with Crippen molar-refractivity contribution in [2.45, 2.75) is 5.33 Å². The molecule has 0 amide bonds. The summed E-state index contributed by atoms with van der Waals surface area (Å²) in [5, 5.41) is 1.95. The summed E-state index contributed by atoms with van der Waals surface area (Å²) in [6, 6.07) is 1.76. The molecular formula is C10H7BrClNO2S. The van der Waals surface area contributed by atoms with Crippen molar-refractivity contribution in [3.05, 3.63) is 27.9 Å². The van der Waals surface area contributed by atoms with Gasteiger partial charge in [0.25, 0.3) is 0 Å². The van der Waals surface area contributed by atoms with Gasteiger partial charge >= 0.3 is 5.97 Å². The molecule has 0 bridgehead atoms. The lowest BCUT2D eigenvalue weighted by Crippen LogP contribution is -2.00. The maximum atomic E-state index is 11.6. The van der Waals surface area contributed by atoms with E-state index in [9.17, 15) is 4.79 Å². The molecule has 84 valence electrons. The number of thiophene rings is 1. The molecule has 0 fully saturated rings. The number of hydrogen-bond acceptors (Lipinski definition) is 4. The van der Waals surface area contributed by atoms with Crippen LogP contribution in [0.1, 0.15) is 15.2 Å². The van der Waals surface area contributed by atoms with Gasteiger partial charge in [0.15, 0.2) is 0 Å². The number of carbonyl (C=O) groups is 1. The molecule has 2 aromatic rings. The second-order valence-electron chi connectivity index (χ2n) is 3.04. The number of fused-ring (bicyclic) bond motifs is 1. The number of esters is 1. The first-order valence-electron chi connectivity index (χ1n) is 4.38. The molecule has 3 nitrogen and oxygen atoms in total. The van der Waals surface area contributed by atoms with E-state index in [4.69, 9.17) is 16.3 Å². The zero-order valence-corrected chi connectivity index (χ0v) is 11.4. The van der Waals surface area contributed by atoms with Crippen LogP contribution < -0.4 is 0 Å². The number of rotatable bonds is 2. The number of nitrogens with zero attached hydrogens (tertiary/aromatic N) is 1. The van der Waals surface area contributed by atoms with Gasteiger partial charge in [-0.1, -0.05) is 27.5 Å². The van der Waals surface area contributed by atoms with E-state index < -0.39 is 0 Å². The molecule has 0 saturated heterocycles. The monoisotopic (exact) mass is 319 g/mol. The van der Waals surface area contributed by atoms with Crippen LogP contribution in [0.5, 0.6) is 0 Å². The minimum atomic E-state index is -0.327. The van der Waals surface area contributed by atoms with Crippen LogP contribution >= 0.6 is 38.9 Å². The molecule has 0 aliphatic carbocycles. The number of aromatic nitrogens is 1. The van der Waals surface area contributed by atoms with Gasteiger partial charge in [-0.3, -0.25) is 0 Å². The van der Waals surface area contributed by atoms with Crippen LogP contribution in [0.3, 0.4) is 0 Å². The van der Waals surface area contributed by atoms with Crippen LogP contribution in [0, 0.1) is 0 Å². The SMILES string of the molecule is COC(=O)c1sc2cnc(Cl)cc2c1CBr. The minimum Gasteiger partial charge on any atom is -0.465 e. The Hall–Kier alpha value is -0.650. The van der Waals surface area contributed by atoms with Gasteiger partial charge in [0.05, 0.1) is 11.8 Å². The molecule has 0 aliphatic heterocycles. The van der Waals surface area contributed by atoms with E-state index in [1.807, 2.05) is 0 Å². The Kier molecular flexibility index (Phi) is 3.47. The predicted molar refractivity (Wildman–Crippen MR) is 68.6 cm³/mol. The third kappa shape index (κ3) is 1.95. The Morgan fingerprint density at radius 2 is 2.44 bits per heavy atom. The van der Waals surface area contributed by atoms with Crippen molar-refractivity contribution < 1.29 is 9.53 Å². The summed E-state index contributed by atoms with van der Waals surface area (Å²) in [5.41, 5.74) is 0.899. The third-order valence-electron chi connectivity index (χ3n) is 2.15. The van der Waals surface area contributed by atoms with Crippen molar-refractivity contribution >= 4 is 54.9 Å². The van der Waals surface area contributed by atoms with Gasteiger partial charge in [-0.05, 0) is 11.6 Å². The first-order chi connectivity index (χ1) is 7.67. The summed E-state index contributed by atoms with van der Waals surface area (Å²) in [6.07, 6.45) is 1.67. The Balaban J connectivity index is 2.71. The van der Waals surface area contributed by atoms with E-state index >= 15 is 0 Å². The Labute approximate surface area is 110 Å². The number of alkyl halides is 1. The number of methoxy groups -OCH3 is 1. The lowest BCUT2D eigenvalue weighted by atomic mass is 10.2. The van der Waals surface area contributed by atoms with Crippen LogP contribution in [-0.4, -0.2) is 18.1 Å². The molecule has 2 rings (SSSR count). The first-order valence-corrected chi connectivity index (χ1v) is 6.70. The third-order valence-corrected chi connectivity index (χ3v) is 4.08. The van der Waals surface area contributed by atoms with Crippen molar-refractivity contribution in [3.8, 4) is 0 Å². The molecule has 16 heavy (non-hydrogen) atoms. The average molecular weight is 321 g/mol. The van der Waals surface area contributed by atoms with E-state index in [1.54, 1.807) is 12.3 Å². The Bertz CT molecular complexity index is 555. The molecule has 0 unspecified atom stereocenters. The second kappa shape index (κ2) is 4.69. The number of halogens is 2. The van der Waals surface area contributed by atoms with Crippen molar-refractivity contribution in [1.82, 2.24) is 4.98 Å². The minimum absolute atomic E-state index is 0.327. The fourth-order valence-corrected chi connectivity index (χ4v) is 3.43. The number of pyridine rings is 1. The fraction of sp³-hybridized carbons (Fsp3) is 0.200. The largest absolute Gasteiger partial charge is 0.465 e. The lowest BCUT2D eigenvalue weighted by molar-refractivity contribution is 0.0605. The predicted octanol–water partition coefficient (Wildman–Crippen LogP) is 3.63. The van der Waals surface area contributed by atoms with Gasteiger partial charge in [-0.25, -0.2) is 9.78 Å². The molecule has 0 aromatic carbocycles. The molecular weight excluding hydrogens is 314 g/mol. The van der Waals surface area contributed by atoms with Crippen LogP contribution in [0.15, 0.2) is 12.3 Å². The van der Waals surface area contributed by atoms with Crippen molar-refractivity contribution in [2.75, 3.05) is 7.11 Å². The zero-order valence-electron chi connectivity index (χ0n) is 8.29. The normalized spacial score (nSPS) is 10.7. The molecule has 0 spiro atoms. The highest BCUT2D eigenvalue weighted by Crippen LogP contribution is 2.34. The van der Waals surface area contributed by atoms with Crippen molar-refractivity contribution in [1.29, 1.82) is 0 Å². The van der Waals surface area contributed by atoms with Crippen molar-refractivity contribution in [3.63, 3.8) is 0 Å². The highest BCUT2D eigenvalue weighted by Gasteiger charge is 2.18. The number of carbonyl (C=O) groups excluding carboxylic acids is 1. The highest BCUT2D eigenvalue weighted by atomic mass is 79.9. The van der Waals surface area contributed by atoms with Gasteiger partial charge in [-0.15, -0.1) is 11.3 Å². The summed E-state index contributed by atoms with van der Waals surface area (Å²) in [4.78, 5) is 16.1. The average Bonchev–Trinajstić information content (AvgIpc) is 2.65. The van der Waals surface area contributed by atoms with Crippen LogP contribution in [0.2, 0.25) is 5.15 Å². The topological polar surface area (TPSA) is 39.2 Å². The van der Waals surface area contributed by atoms with Gasteiger partial charge in [0.1, 0.15) is 10.0 Å². The molecule has 0 N–H and O–H groups in total. The summed E-state index contributed by atoms with van der Waals surface area (Å²) >= 11 is 10.6. The summed E-state index contributed by atoms with van der Waals surface area (Å²) < 4.78 is 5.67. The van der Waals surface area contributed by atoms with E-state index in [0.29, 0.717) is 15.4 Å². The summed E-state index contributed by atoms with van der Waals surface area (Å²) in [5.74, 6) is -0.327. The van der Waals surface area contributed by atoms with E-state index in [0.717, 1.165) is 15.6 Å². The maximum absolute atomic E-state index is 11.6. The standard InChI is InChI=1S/C10H7BrClNO2S/c1-15-10(14)9-6(3-11)5-2-8(12)13-4-7(5)16-9/h2,4H,3H2,1H3. The van der Waals surface area contributed by atoms with Crippen molar-refractivity contribution in [2.24, 2.45) is 0 Å². The quantitative estimate of drug-likeness (QED) is 0.482. The smallest absolute Gasteiger partial charge is 0.348 e. The van der Waals surface area contributed by atoms with E-state index in [-0.39, 0.29) is 5.97 Å². The highest BCUT2D eigenvalue weighted by molar-refractivity contribution is 9.08. The summed E-state index contributed by atoms with van der Waals surface area (Å²) in [7, 11) is 1.37.